The van der Waals surface area contributed by atoms with Gasteiger partial charge in [0.2, 0.25) is 0 Å². The fourth-order valence-corrected chi connectivity index (χ4v) is 6.15. The van der Waals surface area contributed by atoms with Gasteiger partial charge in [-0.15, -0.1) is 0 Å². The summed E-state index contributed by atoms with van der Waals surface area (Å²) in [6.07, 6.45) is 9.81. The van der Waals surface area contributed by atoms with Crippen LogP contribution in [-0.2, 0) is 5.41 Å². The first kappa shape index (κ1) is 16.0. The van der Waals surface area contributed by atoms with Crippen LogP contribution in [0, 0.1) is 23.6 Å². The van der Waals surface area contributed by atoms with Gasteiger partial charge in [-0.05, 0) is 97.6 Å². The fourth-order valence-electron chi connectivity index (χ4n) is 6.15. The van der Waals surface area contributed by atoms with Gasteiger partial charge >= 0.3 is 0 Å². The van der Waals surface area contributed by atoms with Crippen LogP contribution in [0.5, 0.6) is 5.75 Å². The van der Waals surface area contributed by atoms with Crippen LogP contribution in [0.15, 0.2) is 47.5 Å². The van der Waals surface area contributed by atoms with Gasteiger partial charge in [0.25, 0.3) is 0 Å². The predicted octanol–water partition coefficient (Wildman–Crippen LogP) is 5.75. The maximum absolute atomic E-state index is 13.3. The van der Waals surface area contributed by atoms with Crippen molar-refractivity contribution in [3.8, 4) is 5.75 Å². The van der Waals surface area contributed by atoms with Crippen molar-refractivity contribution in [3.63, 3.8) is 0 Å². The van der Waals surface area contributed by atoms with Gasteiger partial charge < -0.3 is 5.11 Å². The molecule has 6 rings (SSSR count). The average Bonchev–Trinajstić information content (AvgIpc) is 2.60. The number of phenols is 1. The van der Waals surface area contributed by atoms with Gasteiger partial charge in [-0.3, -0.25) is 4.99 Å². The molecule has 4 saturated carbocycles. The van der Waals surface area contributed by atoms with E-state index in [0.29, 0.717) is 11.1 Å². The molecule has 1 N–H and O–H groups in total. The number of nitrogens with zero attached hydrogens (tertiary/aromatic N) is 1. The monoisotopic (exact) mass is 349 g/mol. The molecule has 4 aliphatic carbocycles. The highest BCUT2D eigenvalue weighted by Crippen LogP contribution is 2.60. The Balaban J connectivity index is 1.47. The van der Waals surface area contributed by atoms with Crippen LogP contribution in [-0.4, -0.2) is 11.3 Å². The molecule has 0 saturated heterocycles. The van der Waals surface area contributed by atoms with Crippen molar-refractivity contribution in [2.75, 3.05) is 0 Å². The van der Waals surface area contributed by atoms with Gasteiger partial charge in [-0.25, -0.2) is 4.39 Å². The molecule has 2 aromatic carbocycles. The van der Waals surface area contributed by atoms with Gasteiger partial charge in [0.05, 0.1) is 5.69 Å². The Morgan fingerprint density at radius 2 is 1.65 bits per heavy atom. The Morgan fingerprint density at radius 1 is 0.962 bits per heavy atom. The number of aromatic hydroxyl groups is 1. The molecule has 0 aliphatic heterocycles. The Morgan fingerprint density at radius 3 is 2.31 bits per heavy atom. The van der Waals surface area contributed by atoms with E-state index >= 15 is 0 Å². The summed E-state index contributed by atoms with van der Waals surface area (Å²) < 4.78 is 13.3. The number of rotatable bonds is 3. The number of halogens is 1. The van der Waals surface area contributed by atoms with E-state index in [1.807, 2.05) is 0 Å². The Labute approximate surface area is 153 Å². The van der Waals surface area contributed by atoms with Gasteiger partial charge in [-0.1, -0.05) is 12.1 Å². The highest BCUT2D eigenvalue weighted by Gasteiger charge is 2.51. The molecule has 0 radical (unpaired) electrons. The lowest BCUT2D eigenvalue weighted by atomic mass is 9.48. The molecular formula is C23H24FNO. The van der Waals surface area contributed by atoms with Crippen molar-refractivity contribution in [1.29, 1.82) is 0 Å². The number of benzene rings is 2. The second-order valence-electron chi connectivity index (χ2n) is 8.71. The smallest absolute Gasteiger partial charge is 0.125 e. The van der Waals surface area contributed by atoms with Crippen LogP contribution in [0.25, 0.3) is 0 Å². The number of hydrogen-bond donors (Lipinski definition) is 1. The second-order valence-corrected chi connectivity index (χ2v) is 8.71. The lowest BCUT2D eigenvalue weighted by molar-refractivity contribution is -0.00520. The maximum Gasteiger partial charge on any atom is 0.125 e. The molecular weight excluding hydrogens is 325 g/mol. The zero-order valence-electron chi connectivity index (χ0n) is 14.9. The lowest BCUT2D eigenvalue weighted by Gasteiger charge is -2.57. The minimum absolute atomic E-state index is 0.235. The SMILES string of the molecule is Oc1ccc(C23CC4CC(CC(C4)C2)C3)cc1C=Nc1cccc(F)c1. The zero-order valence-corrected chi connectivity index (χ0v) is 14.9. The van der Waals surface area contributed by atoms with E-state index in [0.717, 1.165) is 23.3 Å². The summed E-state index contributed by atoms with van der Waals surface area (Å²) in [6, 6.07) is 12.3. The lowest BCUT2D eigenvalue weighted by Crippen LogP contribution is -2.48. The molecule has 3 heteroatoms. The first-order valence-electron chi connectivity index (χ1n) is 9.73. The Hall–Kier alpha value is -2.16. The average molecular weight is 349 g/mol. The molecule has 26 heavy (non-hydrogen) atoms. The van der Waals surface area contributed by atoms with Crippen LogP contribution >= 0.6 is 0 Å². The summed E-state index contributed by atoms with van der Waals surface area (Å²) in [6.45, 7) is 0. The summed E-state index contributed by atoms with van der Waals surface area (Å²) in [5.41, 5.74) is 2.94. The van der Waals surface area contributed by atoms with Crippen molar-refractivity contribution in [2.45, 2.75) is 43.9 Å². The number of phenolic OH excluding ortho intramolecular Hbond substituents is 1. The molecule has 4 aliphatic rings. The zero-order chi connectivity index (χ0) is 17.7. The molecule has 2 aromatic rings. The van der Waals surface area contributed by atoms with Gasteiger partial charge in [-0.2, -0.15) is 0 Å². The topological polar surface area (TPSA) is 32.6 Å². The molecule has 0 heterocycles. The fraction of sp³-hybridized carbons (Fsp3) is 0.435. The van der Waals surface area contributed by atoms with Crippen molar-refractivity contribution in [3.05, 3.63) is 59.4 Å². The molecule has 0 atom stereocenters. The largest absolute Gasteiger partial charge is 0.507 e. The van der Waals surface area contributed by atoms with Gasteiger partial charge in [0.15, 0.2) is 0 Å². The van der Waals surface area contributed by atoms with E-state index in [1.54, 1.807) is 24.4 Å². The normalized spacial score (nSPS) is 32.4. The van der Waals surface area contributed by atoms with Crippen molar-refractivity contribution < 1.29 is 9.50 Å². The van der Waals surface area contributed by atoms with E-state index in [1.165, 1.54) is 56.2 Å². The first-order chi connectivity index (χ1) is 12.6. The molecule has 2 nitrogen and oxygen atoms in total. The molecule has 0 aromatic heterocycles. The quantitative estimate of drug-likeness (QED) is 0.703. The van der Waals surface area contributed by atoms with Gasteiger partial charge in [0.1, 0.15) is 11.6 Å². The first-order valence-corrected chi connectivity index (χ1v) is 9.73. The highest BCUT2D eigenvalue weighted by molar-refractivity contribution is 5.85. The summed E-state index contributed by atoms with van der Waals surface area (Å²) in [5.74, 6) is 2.60. The second kappa shape index (κ2) is 5.94. The van der Waals surface area contributed by atoms with Crippen molar-refractivity contribution in [2.24, 2.45) is 22.7 Å². The van der Waals surface area contributed by atoms with Crippen LogP contribution in [0.4, 0.5) is 10.1 Å². The Bertz CT molecular complexity index is 837. The third-order valence-corrected chi connectivity index (χ3v) is 6.84. The predicted molar refractivity (Wildman–Crippen MR) is 102 cm³/mol. The van der Waals surface area contributed by atoms with Gasteiger partial charge in [0, 0.05) is 11.8 Å². The highest BCUT2D eigenvalue weighted by atomic mass is 19.1. The van der Waals surface area contributed by atoms with E-state index < -0.39 is 0 Å². The molecule has 0 amide bonds. The number of hydrogen-bond acceptors (Lipinski definition) is 2. The third kappa shape index (κ3) is 2.74. The maximum atomic E-state index is 13.3. The van der Waals surface area contributed by atoms with Crippen LogP contribution in [0.3, 0.4) is 0 Å². The molecule has 134 valence electrons. The van der Waals surface area contributed by atoms with Crippen molar-refractivity contribution >= 4 is 11.9 Å². The summed E-state index contributed by atoms with van der Waals surface area (Å²) in [5, 5.41) is 10.3. The third-order valence-electron chi connectivity index (χ3n) is 6.84. The molecule has 4 fully saturated rings. The summed E-state index contributed by atoms with van der Waals surface area (Å²) in [7, 11) is 0. The van der Waals surface area contributed by atoms with E-state index in [-0.39, 0.29) is 11.6 Å². The minimum atomic E-state index is -0.300. The van der Waals surface area contributed by atoms with Crippen LogP contribution in [0.1, 0.15) is 49.7 Å². The van der Waals surface area contributed by atoms with Crippen LogP contribution in [0.2, 0.25) is 0 Å². The molecule has 0 unspecified atom stereocenters. The summed E-state index contributed by atoms with van der Waals surface area (Å²) in [4.78, 5) is 4.36. The Kier molecular flexibility index (Phi) is 3.66. The minimum Gasteiger partial charge on any atom is -0.507 e. The van der Waals surface area contributed by atoms with Crippen LogP contribution < -0.4 is 0 Å². The van der Waals surface area contributed by atoms with E-state index in [9.17, 15) is 9.50 Å². The molecule has 0 spiro atoms. The van der Waals surface area contributed by atoms with E-state index in [4.69, 9.17) is 0 Å². The van der Waals surface area contributed by atoms with Crippen molar-refractivity contribution in [1.82, 2.24) is 0 Å². The number of aliphatic imine (C=N–C) groups is 1. The van der Waals surface area contributed by atoms with E-state index in [2.05, 4.69) is 17.1 Å². The summed E-state index contributed by atoms with van der Waals surface area (Å²) >= 11 is 0. The molecule has 4 bridgehead atoms. The standard InChI is InChI=1S/C23H24FNO/c24-20-2-1-3-21(10-20)25-14-18-9-19(4-5-22(18)26)23-11-15-6-16(12-23)8-17(7-15)13-23/h1-5,9-10,14-17,26H,6-8,11-13H2.